The van der Waals surface area contributed by atoms with Gasteiger partial charge in [0, 0.05) is 6.54 Å². The number of alkyl halides is 3. The van der Waals surface area contributed by atoms with Crippen molar-refractivity contribution in [2.75, 3.05) is 19.7 Å². The Morgan fingerprint density at radius 3 is 2.71 bits per heavy atom. The van der Waals surface area contributed by atoms with Crippen molar-refractivity contribution in [1.82, 2.24) is 4.90 Å². The second kappa shape index (κ2) is 11.6. The van der Waals surface area contributed by atoms with Crippen molar-refractivity contribution in [3.63, 3.8) is 0 Å². The van der Waals surface area contributed by atoms with Crippen molar-refractivity contribution in [1.29, 1.82) is 0 Å². The number of carboxylic acid groups (broad SMARTS) is 1. The van der Waals surface area contributed by atoms with Crippen LogP contribution in [0.5, 0.6) is 0 Å². The number of carbonyl (C=O) groups is 1. The van der Waals surface area contributed by atoms with E-state index in [2.05, 4.69) is 0 Å². The average molecular weight is 482 g/mol. The van der Waals surface area contributed by atoms with Crippen LogP contribution in [0.2, 0.25) is 0 Å². The quantitative estimate of drug-likeness (QED) is 0.406. The normalized spacial score (nSPS) is 22.3. The molecule has 3 rings (SSSR count). The highest BCUT2D eigenvalue weighted by molar-refractivity contribution is 5.73. The summed E-state index contributed by atoms with van der Waals surface area (Å²) in [5.41, 5.74) is 0.816. The number of ether oxygens (including phenoxy) is 2. The van der Waals surface area contributed by atoms with Gasteiger partial charge in [-0.25, -0.2) is 0 Å². The summed E-state index contributed by atoms with van der Waals surface area (Å²) in [4.78, 5) is 13.4. The van der Waals surface area contributed by atoms with Crippen LogP contribution in [0.15, 0.2) is 59.7 Å². The Bertz CT molecular complexity index is 938. The number of nitrogens with two attached hydrogens (primary N) is 1. The van der Waals surface area contributed by atoms with Crippen molar-refractivity contribution >= 4 is 5.97 Å². The second-order valence-electron chi connectivity index (χ2n) is 8.57. The fourth-order valence-corrected chi connectivity index (χ4v) is 4.09. The number of hydrogen-bond donors (Lipinski definition) is 2. The van der Waals surface area contributed by atoms with Gasteiger partial charge in [0.2, 0.25) is 0 Å². The molecule has 1 aromatic rings. The summed E-state index contributed by atoms with van der Waals surface area (Å²) < 4.78 is 49.9. The van der Waals surface area contributed by atoms with Gasteiger partial charge in [-0.2, -0.15) is 13.2 Å². The molecular weight excluding hydrogens is 449 g/mol. The molecule has 9 heteroatoms. The Morgan fingerprint density at radius 2 is 2.03 bits per heavy atom. The number of halogens is 3. The van der Waals surface area contributed by atoms with Crippen LogP contribution in [-0.4, -0.2) is 41.7 Å². The van der Waals surface area contributed by atoms with Gasteiger partial charge in [-0.15, -0.1) is 0 Å². The summed E-state index contributed by atoms with van der Waals surface area (Å²) in [5.74, 6) is 0.651. The molecule has 0 radical (unpaired) electrons. The molecule has 0 spiro atoms. The predicted octanol–water partition coefficient (Wildman–Crippen LogP) is 4.33. The van der Waals surface area contributed by atoms with Crippen molar-refractivity contribution in [2.45, 2.75) is 58.0 Å². The van der Waals surface area contributed by atoms with E-state index < -0.39 is 23.9 Å². The number of carboxylic acids is 1. The Hall–Kier alpha value is -2.78. The van der Waals surface area contributed by atoms with Gasteiger partial charge in [0.15, 0.2) is 18.1 Å². The maximum Gasteiger partial charge on any atom is 0.416 e. The van der Waals surface area contributed by atoms with Crippen LogP contribution >= 0.6 is 0 Å². The van der Waals surface area contributed by atoms with E-state index in [1.807, 2.05) is 42.3 Å². The summed E-state index contributed by atoms with van der Waals surface area (Å²) >= 11 is 0. The summed E-state index contributed by atoms with van der Waals surface area (Å²) in [7, 11) is 0. The van der Waals surface area contributed by atoms with Crippen molar-refractivity contribution in [2.24, 2.45) is 0 Å². The number of likely N-dealkylation sites (tertiary alicyclic amines) is 1. The van der Waals surface area contributed by atoms with E-state index in [1.54, 1.807) is 0 Å². The molecule has 186 valence electrons. The summed E-state index contributed by atoms with van der Waals surface area (Å²) in [6.07, 6.45) is 4.42. The van der Waals surface area contributed by atoms with Gasteiger partial charge in [0.05, 0.1) is 16.9 Å². The van der Waals surface area contributed by atoms with Crippen LogP contribution in [0.25, 0.3) is 0 Å². The van der Waals surface area contributed by atoms with Crippen LogP contribution in [0.1, 0.15) is 56.9 Å². The highest BCUT2D eigenvalue weighted by Crippen LogP contribution is 2.30. The third-order valence-electron chi connectivity index (χ3n) is 6.08. The molecule has 2 heterocycles. The molecular formula is C25H32F3N2O4+. The number of quaternary nitrogens is 1. The summed E-state index contributed by atoms with van der Waals surface area (Å²) in [6.45, 7) is 5.49. The lowest BCUT2D eigenvalue weighted by Crippen LogP contribution is -2.82. The largest absolute Gasteiger partial charge is 0.488 e. The number of allylic oxidation sites excluding steroid dienone is 4. The fraction of sp³-hybridized carbons (Fsp3) is 0.480. The van der Waals surface area contributed by atoms with Gasteiger partial charge in [-0.05, 0) is 70.0 Å². The maximum absolute atomic E-state index is 12.8. The molecule has 0 saturated carbocycles. The zero-order chi connectivity index (χ0) is 24.7. The fourth-order valence-electron chi connectivity index (χ4n) is 4.09. The first-order chi connectivity index (χ1) is 16.1. The molecule has 1 aromatic carbocycles. The van der Waals surface area contributed by atoms with Gasteiger partial charge in [-0.1, -0.05) is 18.6 Å². The molecule has 1 saturated heterocycles. The number of piperidine rings is 1. The maximum atomic E-state index is 12.8. The third-order valence-corrected chi connectivity index (χ3v) is 6.08. The standard InChI is InChI=1S/C25H31F3N2O4/c1-17(8-4-3-6-14-30-15-7-5-9-22(30)24(31)32)33-16-21-18(2)34-23(29-21)19-10-12-20(13-11-19)25(26,27)28/h3-4,8,10-13,22-23,29H,5-7,9,14-16H2,1-2H3,(H,31,32)/p+1/b4-3-,17-8+/t22-,23?/m1/s1. The van der Waals surface area contributed by atoms with Crippen molar-refractivity contribution in [3.8, 4) is 0 Å². The van der Waals surface area contributed by atoms with Gasteiger partial charge >= 0.3 is 12.1 Å². The first-order valence-corrected chi connectivity index (χ1v) is 11.5. The molecule has 0 aromatic heterocycles. The molecule has 0 amide bonds. The topological polar surface area (TPSA) is 75.6 Å². The predicted molar refractivity (Wildman–Crippen MR) is 120 cm³/mol. The minimum Gasteiger partial charge on any atom is -0.488 e. The Balaban J connectivity index is 1.43. The molecule has 1 unspecified atom stereocenters. The zero-order valence-electron chi connectivity index (χ0n) is 19.5. The van der Waals surface area contributed by atoms with Gasteiger partial charge in [0.1, 0.15) is 6.04 Å². The van der Waals surface area contributed by atoms with E-state index in [0.717, 1.165) is 43.6 Å². The highest BCUT2D eigenvalue weighted by atomic mass is 19.4. The van der Waals surface area contributed by atoms with E-state index in [1.165, 1.54) is 12.1 Å². The first kappa shape index (κ1) is 25.8. The lowest BCUT2D eigenvalue weighted by molar-refractivity contribution is -0.674. The molecule has 6 nitrogen and oxygen atoms in total. The van der Waals surface area contributed by atoms with E-state index in [0.29, 0.717) is 36.7 Å². The summed E-state index contributed by atoms with van der Waals surface area (Å²) in [6, 6.07) is 4.60. The molecule has 2 aliphatic rings. The molecule has 3 N–H and O–H groups in total. The van der Waals surface area contributed by atoms with Crippen LogP contribution in [0.3, 0.4) is 0 Å². The smallest absolute Gasteiger partial charge is 0.416 e. The second-order valence-corrected chi connectivity index (χ2v) is 8.57. The molecule has 1 fully saturated rings. The van der Waals surface area contributed by atoms with Crippen LogP contribution in [0.4, 0.5) is 13.2 Å². The number of benzene rings is 1. The minimum atomic E-state index is -4.36. The highest BCUT2D eigenvalue weighted by Gasteiger charge is 2.33. The lowest BCUT2D eigenvalue weighted by Gasteiger charge is -2.32. The third kappa shape index (κ3) is 7.11. The molecule has 0 aliphatic carbocycles. The summed E-state index contributed by atoms with van der Waals surface area (Å²) in [5, 5.41) is 11.2. The molecule has 2 aliphatic heterocycles. The van der Waals surface area contributed by atoms with Gasteiger partial charge in [-0.3, -0.25) is 15.0 Å². The van der Waals surface area contributed by atoms with Crippen LogP contribution in [-0.2, 0) is 20.4 Å². The van der Waals surface area contributed by atoms with E-state index in [9.17, 15) is 23.1 Å². The van der Waals surface area contributed by atoms with Gasteiger partial charge < -0.3 is 14.6 Å². The van der Waals surface area contributed by atoms with Crippen LogP contribution < -0.4 is 5.32 Å². The monoisotopic (exact) mass is 481 g/mol. The minimum absolute atomic E-state index is 0.299. The number of hydrogen-bond acceptors (Lipinski definition) is 4. The van der Waals surface area contributed by atoms with E-state index in [4.69, 9.17) is 9.47 Å². The lowest BCUT2D eigenvalue weighted by atomic mass is 10.0. The molecule has 0 bridgehead atoms. The van der Waals surface area contributed by atoms with Crippen molar-refractivity contribution in [3.05, 3.63) is 70.8 Å². The number of aliphatic carboxylic acids is 1. The van der Waals surface area contributed by atoms with Crippen molar-refractivity contribution < 1.29 is 37.9 Å². The van der Waals surface area contributed by atoms with E-state index in [-0.39, 0.29) is 6.04 Å². The number of rotatable bonds is 9. The molecule has 34 heavy (non-hydrogen) atoms. The first-order valence-electron chi connectivity index (χ1n) is 11.5. The van der Waals surface area contributed by atoms with Gasteiger partial charge in [0.25, 0.3) is 6.23 Å². The Kier molecular flexibility index (Phi) is 8.79. The SMILES string of the molecule is CC1=C(CO/C(C)=C/C=C\CCN2CCCC[C@@H]2C(=O)O)[NH2+]C(c2ccc(C(F)(F)F)cc2)O1. The Morgan fingerprint density at radius 1 is 1.29 bits per heavy atom. The average Bonchev–Trinajstić information content (AvgIpc) is 3.17. The van der Waals surface area contributed by atoms with Crippen LogP contribution in [0, 0.1) is 0 Å². The zero-order valence-corrected chi connectivity index (χ0v) is 19.5. The Labute approximate surface area is 197 Å². The molecule has 2 atom stereocenters. The van der Waals surface area contributed by atoms with E-state index >= 15 is 0 Å². The number of nitrogens with zero attached hydrogens (tertiary/aromatic N) is 1.